The summed E-state index contributed by atoms with van der Waals surface area (Å²) in [6.45, 7) is 1.99. The van der Waals surface area contributed by atoms with Gasteiger partial charge >= 0.3 is 0 Å². The summed E-state index contributed by atoms with van der Waals surface area (Å²) >= 11 is 16.2. The van der Waals surface area contributed by atoms with E-state index < -0.39 is 4.92 Å². The minimum atomic E-state index is -0.517. The number of thiocarbonyl (C=S) groups is 2. The van der Waals surface area contributed by atoms with Gasteiger partial charge < -0.3 is 10.6 Å². The van der Waals surface area contributed by atoms with E-state index in [1.807, 2.05) is 31.2 Å². The van der Waals surface area contributed by atoms with Crippen molar-refractivity contribution in [1.29, 1.82) is 0 Å². The zero-order valence-electron chi connectivity index (χ0n) is 13.0. The molecule has 0 saturated heterocycles. The Bertz CT molecular complexity index is 814. The number of aryl methyl sites for hydroxylation is 1. The van der Waals surface area contributed by atoms with E-state index in [0.717, 1.165) is 11.3 Å². The van der Waals surface area contributed by atoms with Gasteiger partial charge in [-0.25, -0.2) is 0 Å². The van der Waals surface area contributed by atoms with Crippen LogP contribution in [0.2, 0.25) is 5.02 Å². The van der Waals surface area contributed by atoms with E-state index in [2.05, 4.69) is 21.5 Å². The number of nitrogens with zero attached hydrogens (tertiary/aromatic N) is 1. The zero-order valence-corrected chi connectivity index (χ0v) is 15.4. The molecule has 0 amide bonds. The third-order valence-electron chi connectivity index (χ3n) is 3.01. The molecule has 0 heterocycles. The maximum Gasteiger partial charge on any atom is 0.271 e. The molecule has 2 aromatic rings. The lowest BCUT2D eigenvalue weighted by molar-refractivity contribution is -0.384. The van der Waals surface area contributed by atoms with Crippen molar-refractivity contribution in [2.24, 2.45) is 0 Å². The molecule has 0 bridgehead atoms. The average Bonchev–Trinajstić information content (AvgIpc) is 2.57. The Morgan fingerprint density at radius 3 is 2.24 bits per heavy atom. The van der Waals surface area contributed by atoms with Crippen molar-refractivity contribution in [3.63, 3.8) is 0 Å². The minimum absolute atomic E-state index is 0.0979. The minimum Gasteiger partial charge on any atom is -0.331 e. The van der Waals surface area contributed by atoms with Gasteiger partial charge in [-0.15, -0.1) is 0 Å². The fourth-order valence-corrected chi connectivity index (χ4v) is 2.28. The Morgan fingerprint density at radius 1 is 1.04 bits per heavy atom. The monoisotopic (exact) mass is 395 g/mol. The van der Waals surface area contributed by atoms with Gasteiger partial charge in [-0.3, -0.25) is 21.0 Å². The van der Waals surface area contributed by atoms with Crippen LogP contribution in [-0.4, -0.2) is 15.1 Å². The lowest BCUT2D eigenvalue weighted by Gasteiger charge is -2.15. The highest BCUT2D eigenvalue weighted by molar-refractivity contribution is 7.81. The first-order chi connectivity index (χ1) is 11.8. The molecule has 0 unspecified atom stereocenters. The molecule has 130 valence electrons. The molecule has 0 aromatic heterocycles. The molecule has 7 nitrogen and oxygen atoms in total. The summed E-state index contributed by atoms with van der Waals surface area (Å²) < 4.78 is 0. The first-order valence-electron chi connectivity index (χ1n) is 7.00. The topological polar surface area (TPSA) is 91.3 Å². The molecule has 0 radical (unpaired) electrons. The average molecular weight is 396 g/mol. The Hall–Kier alpha value is -2.49. The molecular formula is C15H14ClN5O2S2. The molecule has 0 saturated carbocycles. The van der Waals surface area contributed by atoms with E-state index in [-0.39, 0.29) is 10.8 Å². The van der Waals surface area contributed by atoms with Gasteiger partial charge in [0.1, 0.15) is 0 Å². The number of hydrazine groups is 1. The number of rotatable bonds is 3. The van der Waals surface area contributed by atoms with Crippen LogP contribution >= 0.6 is 36.0 Å². The molecule has 0 spiro atoms. The molecule has 25 heavy (non-hydrogen) atoms. The fraction of sp³-hybridized carbons (Fsp3) is 0.0667. The van der Waals surface area contributed by atoms with Crippen molar-refractivity contribution in [3.05, 3.63) is 63.2 Å². The second-order valence-electron chi connectivity index (χ2n) is 4.95. The third-order valence-corrected chi connectivity index (χ3v) is 3.75. The van der Waals surface area contributed by atoms with E-state index >= 15 is 0 Å². The molecule has 0 atom stereocenters. The number of nitro benzene ring substituents is 1. The van der Waals surface area contributed by atoms with E-state index in [0.29, 0.717) is 15.8 Å². The van der Waals surface area contributed by atoms with Crippen LogP contribution in [0.25, 0.3) is 0 Å². The van der Waals surface area contributed by atoms with Crippen molar-refractivity contribution in [2.75, 3.05) is 10.6 Å². The Kier molecular flexibility index (Phi) is 6.45. The van der Waals surface area contributed by atoms with E-state index in [1.54, 1.807) is 0 Å². The summed E-state index contributed by atoms with van der Waals surface area (Å²) in [4.78, 5) is 10.3. The van der Waals surface area contributed by atoms with E-state index in [9.17, 15) is 10.1 Å². The quantitative estimate of drug-likeness (QED) is 0.355. The van der Waals surface area contributed by atoms with E-state index in [4.69, 9.17) is 36.0 Å². The first-order valence-corrected chi connectivity index (χ1v) is 8.19. The lowest BCUT2D eigenvalue weighted by Crippen LogP contribution is -2.45. The standard InChI is InChI=1S/C15H14ClN5O2S2/c1-9-2-4-10(5-3-9)17-14(24)19-20-15(25)18-13-8-11(21(22)23)6-7-12(13)16/h2-8H,1H3,(H2,17,19,24)(H2,18,20,25). The Labute approximate surface area is 159 Å². The smallest absolute Gasteiger partial charge is 0.271 e. The van der Waals surface area contributed by atoms with Crippen LogP contribution in [0.4, 0.5) is 17.1 Å². The Balaban J connectivity index is 1.88. The Morgan fingerprint density at radius 2 is 1.64 bits per heavy atom. The van der Waals surface area contributed by atoms with Gasteiger partial charge in [0.15, 0.2) is 10.2 Å². The third kappa shape index (κ3) is 5.82. The van der Waals surface area contributed by atoms with Crippen LogP contribution in [0, 0.1) is 17.0 Å². The van der Waals surface area contributed by atoms with Crippen LogP contribution in [0.3, 0.4) is 0 Å². The molecular weight excluding hydrogens is 382 g/mol. The first kappa shape index (κ1) is 18.8. The summed E-state index contributed by atoms with van der Waals surface area (Å²) in [7, 11) is 0. The second kappa shape index (κ2) is 8.56. The summed E-state index contributed by atoms with van der Waals surface area (Å²) in [5.74, 6) is 0. The number of halogens is 1. The van der Waals surface area contributed by atoms with Crippen molar-refractivity contribution in [2.45, 2.75) is 6.92 Å². The van der Waals surface area contributed by atoms with Gasteiger partial charge in [0, 0.05) is 17.8 Å². The maximum absolute atomic E-state index is 10.8. The van der Waals surface area contributed by atoms with Crippen LogP contribution in [0.5, 0.6) is 0 Å². The van der Waals surface area contributed by atoms with Crippen molar-refractivity contribution in [1.82, 2.24) is 10.9 Å². The summed E-state index contributed by atoms with van der Waals surface area (Å²) in [6.07, 6.45) is 0. The van der Waals surface area contributed by atoms with Crippen LogP contribution < -0.4 is 21.5 Å². The van der Waals surface area contributed by atoms with Gasteiger partial charge in [0.2, 0.25) is 0 Å². The number of benzene rings is 2. The molecule has 10 heteroatoms. The molecule has 4 N–H and O–H groups in total. The predicted molar refractivity (Wildman–Crippen MR) is 108 cm³/mol. The van der Waals surface area contributed by atoms with Gasteiger partial charge in [-0.2, -0.15) is 0 Å². The second-order valence-corrected chi connectivity index (χ2v) is 6.17. The molecule has 0 aliphatic carbocycles. The highest BCUT2D eigenvalue weighted by Crippen LogP contribution is 2.26. The van der Waals surface area contributed by atoms with Crippen LogP contribution in [-0.2, 0) is 0 Å². The highest BCUT2D eigenvalue weighted by atomic mass is 35.5. The van der Waals surface area contributed by atoms with Crippen LogP contribution in [0.15, 0.2) is 42.5 Å². The largest absolute Gasteiger partial charge is 0.331 e. The highest BCUT2D eigenvalue weighted by Gasteiger charge is 2.10. The summed E-state index contributed by atoms with van der Waals surface area (Å²) in [5.41, 5.74) is 7.57. The molecule has 0 aliphatic rings. The zero-order chi connectivity index (χ0) is 18.4. The van der Waals surface area contributed by atoms with Crippen molar-refractivity contribution >= 4 is 63.3 Å². The van der Waals surface area contributed by atoms with Gasteiger partial charge in [-0.05, 0) is 49.6 Å². The number of anilines is 2. The fourth-order valence-electron chi connectivity index (χ4n) is 1.79. The molecule has 0 aliphatic heterocycles. The number of non-ortho nitro benzene ring substituents is 1. The van der Waals surface area contributed by atoms with Gasteiger partial charge in [0.05, 0.1) is 15.6 Å². The SMILES string of the molecule is Cc1ccc(NC(=S)NNC(=S)Nc2cc([N+](=O)[O-])ccc2Cl)cc1. The number of hydrogen-bond acceptors (Lipinski definition) is 4. The predicted octanol–water partition coefficient (Wildman–Crippen LogP) is 3.74. The summed E-state index contributed by atoms with van der Waals surface area (Å²) in [5, 5.41) is 17.3. The van der Waals surface area contributed by atoms with Crippen molar-refractivity contribution in [3.8, 4) is 0 Å². The normalized spacial score (nSPS) is 9.84. The molecule has 0 fully saturated rings. The molecule has 2 rings (SSSR count). The van der Waals surface area contributed by atoms with Gasteiger partial charge in [-0.1, -0.05) is 29.3 Å². The number of nitro groups is 1. The maximum atomic E-state index is 10.8. The van der Waals surface area contributed by atoms with E-state index in [1.165, 1.54) is 18.2 Å². The lowest BCUT2D eigenvalue weighted by atomic mass is 10.2. The number of nitrogens with one attached hydrogen (secondary N) is 4. The summed E-state index contributed by atoms with van der Waals surface area (Å²) in [6, 6.07) is 11.7. The van der Waals surface area contributed by atoms with Gasteiger partial charge in [0.25, 0.3) is 5.69 Å². The van der Waals surface area contributed by atoms with Crippen LogP contribution in [0.1, 0.15) is 5.56 Å². The molecule has 2 aromatic carbocycles. The van der Waals surface area contributed by atoms with Crippen molar-refractivity contribution < 1.29 is 4.92 Å². The number of hydrogen-bond donors (Lipinski definition) is 4.